The van der Waals surface area contributed by atoms with Crippen molar-refractivity contribution in [2.75, 3.05) is 20.3 Å². The van der Waals surface area contributed by atoms with Crippen LogP contribution in [0.1, 0.15) is 5.56 Å². The minimum Gasteiger partial charge on any atom is -0.475 e. The van der Waals surface area contributed by atoms with Gasteiger partial charge >= 0.3 is 0 Å². The van der Waals surface area contributed by atoms with E-state index in [4.69, 9.17) is 14.7 Å². The van der Waals surface area contributed by atoms with Crippen molar-refractivity contribution >= 4 is 10.9 Å². The summed E-state index contributed by atoms with van der Waals surface area (Å²) in [6.45, 7) is 0.976. The molecule has 0 fully saturated rings. The first kappa shape index (κ1) is 14.1. The molecule has 5 heteroatoms. The van der Waals surface area contributed by atoms with E-state index >= 15 is 0 Å². The molecule has 0 spiro atoms. The van der Waals surface area contributed by atoms with Crippen LogP contribution in [0, 0.1) is 11.3 Å². The van der Waals surface area contributed by atoms with Crippen molar-refractivity contribution < 1.29 is 9.47 Å². The molecule has 1 N–H and O–H groups in total. The second-order valence-corrected chi connectivity index (χ2v) is 4.74. The Bertz CT molecular complexity index is 833. The van der Waals surface area contributed by atoms with Crippen molar-refractivity contribution in [3.63, 3.8) is 0 Å². The van der Waals surface area contributed by atoms with Crippen LogP contribution in [0.15, 0.2) is 42.6 Å². The predicted octanol–water partition coefficient (Wildman–Crippen LogP) is 3.13. The Labute approximate surface area is 128 Å². The molecular formula is C17H15N3O2. The highest BCUT2D eigenvalue weighted by Crippen LogP contribution is 2.29. The van der Waals surface area contributed by atoms with Gasteiger partial charge in [0.2, 0.25) is 5.88 Å². The topological polar surface area (TPSA) is 70.9 Å². The van der Waals surface area contributed by atoms with E-state index < -0.39 is 0 Å². The number of para-hydroxylation sites is 1. The van der Waals surface area contributed by atoms with Crippen LogP contribution in [0.25, 0.3) is 22.2 Å². The largest absolute Gasteiger partial charge is 0.475 e. The van der Waals surface area contributed by atoms with Crippen LogP contribution >= 0.6 is 0 Å². The summed E-state index contributed by atoms with van der Waals surface area (Å²) in [7, 11) is 1.63. The molecule has 22 heavy (non-hydrogen) atoms. The van der Waals surface area contributed by atoms with Gasteiger partial charge in [-0.15, -0.1) is 0 Å². The summed E-state index contributed by atoms with van der Waals surface area (Å²) >= 11 is 0. The van der Waals surface area contributed by atoms with E-state index in [2.05, 4.69) is 16.0 Å². The van der Waals surface area contributed by atoms with E-state index in [1.165, 1.54) is 0 Å². The summed E-state index contributed by atoms with van der Waals surface area (Å²) in [6.07, 6.45) is 1.87. The lowest BCUT2D eigenvalue weighted by Crippen LogP contribution is -2.05. The highest BCUT2D eigenvalue weighted by molar-refractivity contribution is 5.97. The number of benzene rings is 1. The zero-order chi connectivity index (χ0) is 15.4. The summed E-state index contributed by atoms with van der Waals surface area (Å²) in [5.74, 6) is 0.556. The van der Waals surface area contributed by atoms with Crippen molar-refractivity contribution in [1.82, 2.24) is 9.97 Å². The third kappa shape index (κ3) is 2.65. The van der Waals surface area contributed by atoms with Crippen LogP contribution in [0.3, 0.4) is 0 Å². The molecule has 3 aromatic rings. The summed E-state index contributed by atoms with van der Waals surface area (Å²) < 4.78 is 10.5. The number of methoxy groups -OCH3 is 1. The fourth-order valence-corrected chi connectivity index (χ4v) is 2.33. The molecule has 1 aromatic carbocycles. The van der Waals surface area contributed by atoms with Crippen molar-refractivity contribution in [2.24, 2.45) is 0 Å². The summed E-state index contributed by atoms with van der Waals surface area (Å²) in [5.41, 5.74) is 3.20. The van der Waals surface area contributed by atoms with Crippen LogP contribution in [0.5, 0.6) is 5.88 Å². The van der Waals surface area contributed by atoms with Crippen LogP contribution in [0.4, 0.5) is 0 Å². The van der Waals surface area contributed by atoms with Crippen molar-refractivity contribution in [3.05, 3.63) is 48.2 Å². The Balaban J connectivity index is 1.98. The molecule has 0 saturated heterocycles. The summed E-state index contributed by atoms with van der Waals surface area (Å²) in [5, 5.41) is 10.1. The molecule has 0 saturated carbocycles. The van der Waals surface area contributed by atoms with E-state index in [-0.39, 0.29) is 0 Å². The highest BCUT2D eigenvalue weighted by atomic mass is 16.5. The molecule has 110 valence electrons. The van der Waals surface area contributed by atoms with Gasteiger partial charge in [-0.25, -0.2) is 4.98 Å². The fraction of sp³-hybridized carbons (Fsp3) is 0.176. The van der Waals surface area contributed by atoms with Gasteiger partial charge in [0.15, 0.2) is 0 Å². The smallest absolute Gasteiger partial charge is 0.213 e. The number of nitrogens with zero attached hydrogens (tertiary/aromatic N) is 2. The molecular weight excluding hydrogens is 278 g/mol. The Morgan fingerprint density at radius 1 is 1.18 bits per heavy atom. The van der Waals surface area contributed by atoms with Gasteiger partial charge in [0.1, 0.15) is 12.7 Å². The molecule has 0 radical (unpaired) electrons. The number of nitriles is 1. The number of nitrogens with one attached hydrogen (secondary N) is 1. The van der Waals surface area contributed by atoms with E-state index in [1.54, 1.807) is 13.2 Å². The van der Waals surface area contributed by atoms with E-state index in [0.717, 1.165) is 22.2 Å². The number of aromatic amines is 1. The first-order valence-corrected chi connectivity index (χ1v) is 6.93. The van der Waals surface area contributed by atoms with Gasteiger partial charge in [-0.3, -0.25) is 0 Å². The van der Waals surface area contributed by atoms with Gasteiger partial charge < -0.3 is 14.5 Å². The highest BCUT2D eigenvalue weighted by Gasteiger charge is 2.10. The second kappa shape index (κ2) is 6.29. The quantitative estimate of drug-likeness (QED) is 0.734. The molecule has 0 bridgehead atoms. The number of fused-ring (bicyclic) bond motifs is 1. The van der Waals surface area contributed by atoms with Crippen LogP contribution in [-0.4, -0.2) is 30.3 Å². The number of hydrogen-bond donors (Lipinski definition) is 1. The maximum Gasteiger partial charge on any atom is 0.213 e. The third-order valence-electron chi connectivity index (χ3n) is 3.37. The molecule has 0 atom stereocenters. The maximum atomic E-state index is 9.16. The number of ether oxygens (including phenoxy) is 2. The molecule has 5 nitrogen and oxygen atoms in total. The third-order valence-corrected chi connectivity index (χ3v) is 3.37. The monoisotopic (exact) mass is 293 g/mol. The maximum absolute atomic E-state index is 9.16. The molecule has 0 aliphatic carbocycles. The Hall–Kier alpha value is -2.84. The van der Waals surface area contributed by atoms with Crippen LogP contribution < -0.4 is 4.74 Å². The molecule has 0 aliphatic rings. The molecule has 3 rings (SSSR count). The van der Waals surface area contributed by atoms with Gasteiger partial charge in [-0.2, -0.15) is 5.26 Å². The van der Waals surface area contributed by atoms with Crippen molar-refractivity contribution in [3.8, 4) is 23.2 Å². The molecule has 0 aliphatic heterocycles. The SMILES string of the molecule is COCCOc1cccc(-c2c[nH]c3c(C#N)cccc23)n1. The number of rotatable bonds is 5. The normalized spacial score (nSPS) is 10.5. The van der Waals surface area contributed by atoms with E-state index in [1.807, 2.05) is 36.5 Å². The standard InChI is InChI=1S/C17H15N3O2/c1-21-8-9-22-16-7-3-6-15(20-16)14-11-19-17-12(10-18)4-2-5-13(14)17/h2-7,11,19H,8-9H2,1H3. The molecule has 0 unspecified atom stereocenters. The van der Waals surface area contributed by atoms with Gasteiger partial charge in [-0.1, -0.05) is 18.2 Å². The second-order valence-electron chi connectivity index (χ2n) is 4.74. The van der Waals surface area contributed by atoms with Crippen LogP contribution in [-0.2, 0) is 4.74 Å². The Morgan fingerprint density at radius 2 is 2.05 bits per heavy atom. The Morgan fingerprint density at radius 3 is 2.86 bits per heavy atom. The van der Waals surface area contributed by atoms with Gasteiger partial charge in [0, 0.05) is 30.3 Å². The summed E-state index contributed by atoms with van der Waals surface area (Å²) in [4.78, 5) is 7.67. The summed E-state index contributed by atoms with van der Waals surface area (Å²) in [6, 6.07) is 13.5. The average molecular weight is 293 g/mol. The first-order valence-electron chi connectivity index (χ1n) is 6.93. The van der Waals surface area contributed by atoms with Crippen LogP contribution in [0.2, 0.25) is 0 Å². The van der Waals surface area contributed by atoms with Gasteiger partial charge in [0.05, 0.1) is 23.4 Å². The molecule has 0 amide bonds. The van der Waals surface area contributed by atoms with Gasteiger partial charge in [-0.05, 0) is 12.1 Å². The molecule has 2 aromatic heterocycles. The van der Waals surface area contributed by atoms with E-state index in [9.17, 15) is 0 Å². The lowest BCUT2D eigenvalue weighted by atomic mass is 10.1. The zero-order valence-electron chi connectivity index (χ0n) is 12.2. The van der Waals surface area contributed by atoms with Crippen molar-refractivity contribution in [2.45, 2.75) is 0 Å². The molecule has 2 heterocycles. The Kier molecular flexibility index (Phi) is 4.03. The number of H-pyrrole nitrogens is 1. The lowest BCUT2D eigenvalue weighted by Gasteiger charge is -2.06. The van der Waals surface area contributed by atoms with E-state index in [0.29, 0.717) is 24.7 Å². The minimum atomic E-state index is 0.458. The van der Waals surface area contributed by atoms with Gasteiger partial charge in [0.25, 0.3) is 0 Å². The first-order chi connectivity index (χ1) is 10.8. The average Bonchev–Trinajstić information content (AvgIpc) is 2.99. The lowest BCUT2D eigenvalue weighted by molar-refractivity contribution is 0.144. The minimum absolute atomic E-state index is 0.458. The zero-order valence-corrected chi connectivity index (χ0v) is 12.2. The number of aromatic nitrogens is 2. The van der Waals surface area contributed by atoms with Crippen molar-refractivity contribution in [1.29, 1.82) is 5.26 Å². The fourth-order valence-electron chi connectivity index (χ4n) is 2.33. The number of hydrogen-bond acceptors (Lipinski definition) is 4. The predicted molar refractivity (Wildman–Crippen MR) is 83.6 cm³/mol. The number of pyridine rings is 1.